The molecule has 0 radical (unpaired) electrons. The summed E-state index contributed by atoms with van der Waals surface area (Å²) in [6, 6.07) is 1.86. The summed E-state index contributed by atoms with van der Waals surface area (Å²) in [6.45, 7) is 0.281. The van der Waals surface area contributed by atoms with Crippen molar-refractivity contribution in [1.82, 2.24) is 5.32 Å². The lowest BCUT2D eigenvalue weighted by atomic mass is 10.3. The summed E-state index contributed by atoms with van der Waals surface area (Å²) >= 11 is 1.50. The molecule has 0 aliphatic heterocycles. The van der Waals surface area contributed by atoms with Crippen LogP contribution in [0.3, 0.4) is 0 Å². The molecule has 0 unspecified atom stereocenters. The monoisotopic (exact) mass is 225 g/mol. The first-order valence-electron chi connectivity index (χ1n) is 4.25. The minimum absolute atomic E-state index is 0.147. The number of carbonyl (C=O) groups excluding carboxylic acids is 1. The Morgan fingerprint density at radius 2 is 2.53 bits per heavy atom. The predicted molar refractivity (Wildman–Crippen MR) is 57.5 cm³/mol. The zero-order chi connectivity index (χ0) is 11.1. The quantitative estimate of drug-likeness (QED) is 0.737. The fraction of sp³-hybridized carbons (Fsp3) is 0.300. The number of hydrogen-bond acceptors (Lipinski definition) is 4. The standard InChI is InChI=1S/C10H11NO3S/c1-14-10(13)11-6-9-5-8(7-15-9)3-2-4-12/h5,7,12H,4,6H2,1H3,(H,11,13). The van der Waals surface area contributed by atoms with Crippen LogP contribution in [-0.2, 0) is 11.3 Å². The van der Waals surface area contributed by atoms with Gasteiger partial charge in [0.15, 0.2) is 0 Å². The van der Waals surface area contributed by atoms with Crippen molar-refractivity contribution in [3.63, 3.8) is 0 Å². The summed E-state index contributed by atoms with van der Waals surface area (Å²) in [5, 5.41) is 12.9. The average molecular weight is 225 g/mol. The summed E-state index contributed by atoms with van der Waals surface area (Å²) in [5.74, 6) is 5.34. The van der Waals surface area contributed by atoms with Crippen molar-refractivity contribution >= 4 is 17.4 Å². The lowest BCUT2D eigenvalue weighted by Gasteiger charge is -1.99. The van der Waals surface area contributed by atoms with E-state index in [1.54, 1.807) is 0 Å². The first-order chi connectivity index (χ1) is 7.26. The van der Waals surface area contributed by atoms with Crippen molar-refractivity contribution in [3.8, 4) is 11.8 Å². The van der Waals surface area contributed by atoms with Crippen LogP contribution in [0.4, 0.5) is 4.79 Å². The molecule has 0 saturated carbocycles. The molecule has 0 fully saturated rings. The van der Waals surface area contributed by atoms with Gasteiger partial charge in [-0.1, -0.05) is 11.8 Å². The van der Waals surface area contributed by atoms with E-state index in [1.807, 2.05) is 11.4 Å². The molecule has 1 aromatic heterocycles. The molecule has 1 heterocycles. The highest BCUT2D eigenvalue weighted by Gasteiger charge is 2.01. The van der Waals surface area contributed by atoms with Crippen molar-refractivity contribution in [2.24, 2.45) is 0 Å². The lowest BCUT2D eigenvalue weighted by Crippen LogP contribution is -2.21. The van der Waals surface area contributed by atoms with Gasteiger partial charge >= 0.3 is 6.09 Å². The summed E-state index contributed by atoms with van der Waals surface area (Å²) in [6.07, 6.45) is -0.452. The van der Waals surface area contributed by atoms with Gasteiger partial charge in [0.2, 0.25) is 0 Å². The largest absolute Gasteiger partial charge is 0.453 e. The van der Waals surface area contributed by atoms with Crippen molar-refractivity contribution < 1.29 is 14.6 Å². The number of nitrogens with one attached hydrogen (secondary N) is 1. The van der Waals surface area contributed by atoms with Crippen LogP contribution >= 0.6 is 11.3 Å². The summed E-state index contributed by atoms with van der Waals surface area (Å²) in [7, 11) is 1.32. The van der Waals surface area contributed by atoms with Crippen LogP contribution in [0.1, 0.15) is 10.4 Å². The van der Waals surface area contributed by atoms with E-state index in [0.717, 1.165) is 10.4 Å². The van der Waals surface area contributed by atoms with Crippen molar-refractivity contribution in [1.29, 1.82) is 0 Å². The van der Waals surface area contributed by atoms with Crippen molar-refractivity contribution in [2.75, 3.05) is 13.7 Å². The number of aliphatic hydroxyl groups excluding tert-OH is 1. The number of carbonyl (C=O) groups is 1. The molecule has 0 atom stereocenters. The molecular formula is C10H11NO3S. The number of hydrogen-bond donors (Lipinski definition) is 2. The van der Waals surface area contributed by atoms with Crippen molar-refractivity contribution in [3.05, 3.63) is 21.9 Å². The molecule has 1 aromatic rings. The lowest BCUT2D eigenvalue weighted by molar-refractivity contribution is 0.170. The second-order valence-corrected chi connectivity index (χ2v) is 3.60. The molecule has 15 heavy (non-hydrogen) atoms. The summed E-state index contributed by atoms with van der Waals surface area (Å²) in [5.41, 5.74) is 0.843. The highest BCUT2D eigenvalue weighted by Crippen LogP contribution is 2.13. The molecule has 2 N–H and O–H groups in total. The number of methoxy groups -OCH3 is 1. The van der Waals surface area contributed by atoms with Gasteiger partial charge in [0, 0.05) is 15.8 Å². The Morgan fingerprint density at radius 3 is 3.20 bits per heavy atom. The Labute approximate surface area is 91.9 Å². The van der Waals surface area contributed by atoms with Crippen LogP contribution in [-0.4, -0.2) is 24.9 Å². The number of alkyl carbamates (subject to hydrolysis) is 1. The summed E-state index contributed by atoms with van der Waals surface area (Å²) in [4.78, 5) is 11.8. The van der Waals surface area contributed by atoms with Crippen LogP contribution in [0.2, 0.25) is 0 Å². The first-order valence-corrected chi connectivity index (χ1v) is 5.13. The smallest absolute Gasteiger partial charge is 0.407 e. The number of thiophene rings is 1. The molecule has 0 aliphatic carbocycles. The normalized spacial score (nSPS) is 8.93. The van der Waals surface area contributed by atoms with Crippen molar-refractivity contribution in [2.45, 2.75) is 6.54 Å². The maximum Gasteiger partial charge on any atom is 0.407 e. The van der Waals surface area contributed by atoms with E-state index in [2.05, 4.69) is 21.9 Å². The molecule has 0 aromatic carbocycles. The number of amides is 1. The van der Waals surface area contributed by atoms with Gasteiger partial charge in [-0.3, -0.25) is 0 Å². The van der Waals surface area contributed by atoms with Crippen LogP contribution in [0.25, 0.3) is 0 Å². The fourth-order valence-corrected chi connectivity index (χ4v) is 1.67. The zero-order valence-electron chi connectivity index (χ0n) is 8.24. The van der Waals surface area contributed by atoms with Gasteiger partial charge < -0.3 is 15.2 Å². The number of aliphatic hydroxyl groups is 1. The molecule has 0 saturated heterocycles. The third-order valence-electron chi connectivity index (χ3n) is 1.56. The van der Waals surface area contributed by atoms with E-state index in [0.29, 0.717) is 6.54 Å². The van der Waals surface area contributed by atoms with Gasteiger partial charge in [0.05, 0.1) is 13.7 Å². The molecule has 0 bridgehead atoms. The first kappa shape index (κ1) is 11.6. The topological polar surface area (TPSA) is 58.6 Å². The molecule has 80 valence electrons. The van der Waals surface area contributed by atoms with Crippen LogP contribution in [0, 0.1) is 11.8 Å². The van der Waals surface area contributed by atoms with E-state index in [4.69, 9.17) is 5.11 Å². The van der Waals surface area contributed by atoms with Gasteiger partial charge in [-0.2, -0.15) is 0 Å². The minimum atomic E-state index is -0.452. The highest BCUT2D eigenvalue weighted by molar-refractivity contribution is 7.10. The molecule has 1 rings (SSSR count). The zero-order valence-corrected chi connectivity index (χ0v) is 9.06. The van der Waals surface area contributed by atoms with Crippen LogP contribution < -0.4 is 5.32 Å². The molecule has 5 heteroatoms. The van der Waals surface area contributed by atoms with Gasteiger partial charge in [-0.15, -0.1) is 11.3 Å². The van der Waals surface area contributed by atoms with E-state index >= 15 is 0 Å². The Hall–Kier alpha value is -1.51. The molecular weight excluding hydrogens is 214 g/mol. The van der Waals surface area contributed by atoms with Gasteiger partial charge in [-0.25, -0.2) is 4.79 Å². The summed E-state index contributed by atoms with van der Waals surface area (Å²) < 4.78 is 4.44. The maximum absolute atomic E-state index is 10.8. The van der Waals surface area contributed by atoms with E-state index in [9.17, 15) is 4.79 Å². The Kier molecular flexibility index (Phi) is 4.68. The van der Waals surface area contributed by atoms with Gasteiger partial charge in [0.25, 0.3) is 0 Å². The second-order valence-electron chi connectivity index (χ2n) is 2.61. The Bertz CT molecular complexity index is 389. The fourth-order valence-electron chi connectivity index (χ4n) is 0.912. The SMILES string of the molecule is COC(=O)NCc1cc(C#CCO)cs1. The van der Waals surface area contributed by atoms with Gasteiger partial charge in [0.1, 0.15) is 6.61 Å². The minimum Gasteiger partial charge on any atom is -0.453 e. The van der Waals surface area contributed by atoms with E-state index in [1.165, 1.54) is 18.4 Å². The average Bonchev–Trinajstić information content (AvgIpc) is 2.71. The Morgan fingerprint density at radius 1 is 1.73 bits per heavy atom. The van der Waals surface area contributed by atoms with Gasteiger partial charge in [-0.05, 0) is 6.07 Å². The van der Waals surface area contributed by atoms with Crippen LogP contribution in [0.5, 0.6) is 0 Å². The van der Waals surface area contributed by atoms with E-state index < -0.39 is 6.09 Å². The maximum atomic E-state index is 10.8. The molecule has 1 amide bonds. The third-order valence-corrected chi connectivity index (χ3v) is 2.49. The number of ether oxygens (including phenoxy) is 1. The van der Waals surface area contributed by atoms with Crippen LogP contribution in [0.15, 0.2) is 11.4 Å². The number of rotatable bonds is 2. The van der Waals surface area contributed by atoms with E-state index in [-0.39, 0.29) is 6.61 Å². The molecule has 0 spiro atoms. The molecule has 0 aliphatic rings. The Balaban J connectivity index is 2.49. The molecule has 4 nitrogen and oxygen atoms in total. The predicted octanol–water partition coefficient (Wildman–Crippen LogP) is 0.948. The second kappa shape index (κ2) is 6.06. The highest BCUT2D eigenvalue weighted by atomic mass is 32.1. The third kappa shape index (κ3) is 4.02.